The SMILES string of the molecule is NC(=O)N1c2ncc(C(F)(F)F)cc2N2CCCC1C2. The average molecular weight is 286 g/mol. The molecule has 0 aromatic carbocycles. The molecule has 1 atom stereocenters. The quantitative estimate of drug-likeness (QED) is 0.793. The monoisotopic (exact) mass is 286 g/mol. The third kappa shape index (κ3) is 1.95. The van der Waals surface area contributed by atoms with Crippen LogP contribution in [0.1, 0.15) is 18.4 Å². The van der Waals surface area contributed by atoms with Crippen molar-refractivity contribution < 1.29 is 18.0 Å². The van der Waals surface area contributed by atoms with E-state index in [1.54, 1.807) is 0 Å². The van der Waals surface area contributed by atoms with Gasteiger partial charge < -0.3 is 10.6 Å². The van der Waals surface area contributed by atoms with Gasteiger partial charge in [-0.2, -0.15) is 13.2 Å². The minimum absolute atomic E-state index is 0.113. The molecule has 0 spiro atoms. The third-order valence-electron chi connectivity index (χ3n) is 3.74. The largest absolute Gasteiger partial charge is 0.417 e. The van der Waals surface area contributed by atoms with Crippen LogP contribution in [-0.2, 0) is 6.18 Å². The predicted octanol–water partition coefficient (Wildman–Crippen LogP) is 1.97. The molecule has 1 saturated heterocycles. The van der Waals surface area contributed by atoms with Gasteiger partial charge in [0.25, 0.3) is 0 Å². The van der Waals surface area contributed by atoms with Crippen LogP contribution in [0.25, 0.3) is 0 Å². The second kappa shape index (κ2) is 4.26. The summed E-state index contributed by atoms with van der Waals surface area (Å²) in [5.41, 5.74) is 4.86. The normalized spacial score (nSPS) is 21.6. The van der Waals surface area contributed by atoms with Crippen molar-refractivity contribution in [2.75, 3.05) is 22.9 Å². The van der Waals surface area contributed by atoms with Gasteiger partial charge in [0, 0.05) is 19.3 Å². The molecule has 1 fully saturated rings. The Balaban J connectivity index is 2.12. The first kappa shape index (κ1) is 13.0. The summed E-state index contributed by atoms with van der Waals surface area (Å²) in [6, 6.07) is 0.253. The number of carbonyl (C=O) groups is 1. The van der Waals surface area contributed by atoms with Crippen LogP contribution in [0, 0.1) is 0 Å². The minimum Gasteiger partial charge on any atom is -0.366 e. The van der Waals surface area contributed by atoms with Gasteiger partial charge in [0.1, 0.15) is 0 Å². The van der Waals surface area contributed by atoms with E-state index in [1.165, 1.54) is 4.90 Å². The Labute approximate surface area is 113 Å². The van der Waals surface area contributed by atoms with Gasteiger partial charge in [-0.15, -0.1) is 0 Å². The molecule has 20 heavy (non-hydrogen) atoms. The third-order valence-corrected chi connectivity index (χ3v) is 3.74. The summed E-state index contributed by atoms with van der Waals surface area (Å²) in [6.07, 6.45) is -2.12. The minimum atomic E-state index is -4.45. The lowest BCUT2D eigenvalue weighted by molar-refractivity contribution is -0.137. The number of piperidine rings is 1. The summed E-state index contributed by atoms with van der Waals surface area (Å²) in [7, 11) is 0. The zero-order valence-corrected chi connectivity index (χ0v) is 10.5. The number of anilines is 2. The van der Waals surface area contributed by atoms with Crippen LogP contribution in [0.15, 0.2) is 12.3 Å². The van der Waals surface area contributed by atoms with Gasteiger partial charge in [-0.1, -0.05) is 0 Å². The maximum Gasteiger partial charge on any atom is 0.417 e. The first-order valence-electron chi connectivity index (χ1n) is 6.29. The molecule has 3 heterocycles. The Morgan fingerprint density at radius 3 is 2.85 bits per heavy atom. The number of hydrogen-bond acceptors (Lipinski definition) is 3. The Morgan fingerprint density at radius 1 is 1.45 bits per heavy atom. The van der Waals surface area contributed by atoms with E-state index in [1.807, 2.05) is 4.90 Å². The van der Waals surface area contributed by atoms with E-state index in [0.29, 0.717) is 18.8 Å². The van der Waals surface area contributed by atoms with E-state index >= 15 is 0 Å². The number of halogens is 3. The Morgan fingerprint density at radius 2 is 2.20 bits per heavy atom. The number of fused-ring (bicyclic) bond motifs is 4. The summed E-state index contributed by atoms with van der Waals surface area (Å²) >= 11 is 0. The number of alkyl halides is 3. The number of carbonyl (C=O) groups excluding carboxylic acids is 1. The molecule has 0 aliphatic carbocycles. The van der Waals surface area contributed by atoms with Crippen LogP contribution in [0.3, 0.4) is 0 Å². The van der Waals surface area contributed by atoms with Crippen LogP contribution < -0.4 is 15.5 Å². The first-order chi connectivity index (χ1) is 9.38. The van der Waals surface area contributed by atoms with Crippen molar-refractivity contribution in [2.45, 2.75) is 25.1 Å². The fraction of sp³-hybridized carbons (Fsp3) is 0.500. The number of nitrogens with two attached hydrogens (primary N) is 1. The highest BCUT2D eigenvalue weighted by atomic mass is 19.4. The van der Waals surface area contributed by atoms with Gasteiger partial charge in [-0.05, 0) is 18.9 Å². The molecular weight excluding hydrogens is 273 g/mol. The summed E-state index contributed by atoms with van der Waals surface area (Å²) in [5.74, 6) is 0.224. The lowest BCUT2D eigenvalue weighted by atomic mass is 9.99. The van der Waals surface area contributed by atoms with E-state index in [0.717, 1.165) is 25.1 Å². The van der Waals surface area contributed by atoms with Crippen molar-refractivity contribution >= 4 is 17.5 Å². The number of hydrogen-bond donors (Lipinski definition) is 1. The standard InChI is InChI=1S/C12H13F3N4O/c13-12(14,15)7-4-9-10(17-5-7)19(11(16)20)8-2-1-3-18(9)6-8/h4-5,8H,1-3,6H2,(H2,16,20). The van der Waals surface area contributed by atoms with Crippen molar-refractivity contribution in [1.82, 2.24) is 4.98 Å². The molecule has 1 aromatic heterocycles. The second-order valence-corrected chi connectivity index (χ2v) is 5.01. The summed E-state index contributed by atoms with van der Waals surface area (Å²) in [4.78, 5) is 18.5. The maximum atomic E-state index is 12.8. The summed E-state index contributed by atoms with van der Waals surface area (Å²) in [5, 5.41) is 0. The van der Waals surface area contributed by atoms with Gasteiger partial charge in [0.05, 0.1) is 17.3 Å². The number of pyridine rings is 1. The lowest BCUT2D eigenvalue weighted by Crippen LogP contribution is -2.56. The van der Waals surface area contributed by atoms with Gasteiger partial charge in [-0.3, -0.25) is 4.90 Å². The van der Waals surface area contributed by atoms with E-state index in [9.17, 15) is 18.0 Å². The average Bonchev–Trinajstić information content (AvgIpc) is 2.37. The molecule has 1 unspecified atom stereocenters. The van der Waals surface area contributed by atoms with Crippen LogP contribution in [0.5, 0.6) is 0 Å². The molecule has 3 rings (SSSR count). The highest BCUT2D eigenvalue weighted by molar-refractivity contribution is 5.95. The molecule has 0 saturated carbocycles. The molecule has 108 valence electrons. The molecule has 2 bridgehead atoms. The van der Waals surface area contributed by atoms with Gasteiger partial charge in [-0.25, -0.2) is 9.78 Å². The number of aromatic nitrogens is 1. The first-order valence-corrected chi connectivity index (χ1v) is 6.29. The molecule has 1 aromatic rings. The zero-order chi connectivity index (χ0) is 14.5. The van der Waals surface area contributed by atoms with Crippen molar-refractivity contribution in [1.29, 1.82) is 0 Å². The number of amides is 2. The van der Waals surface area contributed by atoms with Crippen molar-refractivity contribution in [3.8, 4) is 0 Å². The van der Waals surface area contributed by atoms with Crippen LogP contribution in [0.2, 0.25) is 0 Å². The number of rotatable bonds is 0. The fourth-order valence-electron chi connectivity index (χ4n) is 2.86. The lowest BCUT2D eigenvalue weighted by Gasteiger charge is -2.45. The number of nitrogens with zero attached hydrogens (tertiary/aromatic N) is 3. The molecule has 2 N–H and O–H groups in total. The topological polar surface area (TPSA) is 62.5 Å². The smallest absolute Gasteiger partial charge is 0.366 e. The van der Waals surface area contributed by atoms with E-state index < -0.39 is 17.8 Å². The van der Waals surface area contributed by atoms with Crippen LogP contribution in [-0.4, -0.2) is 30.1 Å². The molecule has 0 radical (unpaired) electrons. The number of primary amides is 1. The number of urea groups is 1. The summed E-state index contributed by atoms with van der Waals surface area (Å²) < 4.78 is 38.3. The molecule has 2 aliphatic rings. The van der Waals surface area contributed by atoms with Gasteiger partial charge in [0.2, 0.25) is 0 Å². The second-order valence-electron chi connectivity index (χ2n) is 5.01. The summed E-state index contributed by atoms with van der Waals surface area (Å²) in [6.45, 7) is 1.16. The van der Waals surface area contributed by atoms with E-state index in [2.05, 4.69) is 4.98 Å². The Hall–Kier alpha value is -1.99. The van der Waals surface area contributed by atoms with E-state index in [4.69, 9.17) is 5.73 Å². The van der Waals surface area contributed by atoms with Gasteiger partial charge in [0.15, 0.2) is 5.82 Å². The van der Waals surface area contributed by atoms with Crippen LogP contribution >= 0.6 is 0 Å². The molecule has 2 aliphatic heterocycles. The molecule has 8 heteroatoms. The van der Waals surface area contributed by atoms with Gasteiger partial charge >= 0.3 is 12.2 Å². The highest BCUT2D eigenvalue weighted by Gasteiger charge is 2.39. The fourth-order valence-corrected chi connectivity index (χ4v) is 2.86. The Bertz CT molecular complexity index is 560. The van der Waals surface area contributed by atoms with Crippen molar-refractivity contribution in [2.24, 2.45) is 5.73 Å². The Kier molecular flexibility index (Phi) is 2.77. The maximum absolute atomic E-state index is 12.8. The van der Waals surface area contributed by atoms with Crippen LogP contribution in [0.4, 0.5) is 29.5 Å². The molecule has 2 amide bonds. The predicted molar refractivity (Wildman–Crippen MR) is 66.5 cm³/mol. The highest BCUT2D eigenvalue weighted by Crippen LogP contribution is 2.40. The van der Waals surface area contributed by atoms with Crippen molar-refractivity contribution in [3.63, 3.8) is 0 Å². The molecular formula is C12H13F3N4O. The van der Waals surface area contributed by atoms with Crippen molar-refractivity contribution in [3.05, 3.63) is 17.8 Å². The van der Waals surface area contributed by atoms with E-state index in [-0.39, 0.29) is 11.9 Å². The zero-order valence-electron chi connectivity index (χ0n) is 10.5. The molecule has 5 nitrogen and oxygen atoms in total.